The largest absolute Gasteiger partial charge is 0.308 e. The van der Waals surface area contributed by atoms with E-state index in [0.717, 1.165) is 44.4 Å². The fourth-order valence-corrected chi connectivity index (χ4v) is 4.80. The topological polar surface area (TPSA) is 22.0 Å². The highest BCUT2D eigenvalue weighted by Crippen LogP contribution is 2.37. The molecule has 0 spiro atoms. The maximum atomic E-state index is 13.2. The molecule has 0 aliphatic carbocycles. The molecule has 0 aliphatic heterocycles. The van der Waals surface area contributed by atoms with Gasteiger partial charge in [0, 0.05) is 22.4 Å². The van der Waals surface area contributed by atoms with Crippen LogP contribution in [0.25, 0.3) is 49.7 Å². The van der Waals surface area contributed by atoms with Crippen LogP contribution in [0.15, 0.2) is 126 Å². The van der Waals surface area contributed by atoms with Crippen molar-refractivity contribution in [2.75, 3.05) is 0 Å². The monoisotopic (exact) mass is 437 g/mol. The van der Waals surface area contributed by atoms with Crippen molar-refractivity contribution in [3.63, 3.8) is 0 Å². The maximum Gasteiger partial charge on any atom is 0.190 e. The molecule has 0 saturated carbocycles. The summed E-state index contributed by atoms with van der Waals surface area (Å²) in [5.74, 6) is 0. The molecular weight excluding hydrogens is 414 g/mol. The van der Waals surface area contributed by atoms with Gasteiger partial charge in [0.15, 0.2) is 5.43 Å². The van der Waals surface area contributed by atoms with Gasteiger partial charge in [-0.05, 0) is 35.6 Å². The van der Waals surface area contributed by atoms with Crippen molar-refractivity contribution < 1.29 is 0 Å². The van der Waals surface area contributed by atoms with Gasteiger partial charge in [0.2, 0.25) is 0 Å². The van der Waals surface area contributed by atoms with Gasteiger partial charge in [-0.2, -0.15) is 0 Å². The first kappa shape index (κ1) is 20.2. The van der Waals surface area contributed by atoms with Crippen LogP contribution in [-0.4, -0.2) is 4.57 Å². The standard InChI is InChI=1S/C32H23NO/c1-22-15-17-25(18-16-22)30-21-31(34)28-13-7-8-14-29(28)33(30)32-26-12-6-5-11-24(26)19-20-27(32)23-9-3-2-4-10-23/h2-21H,1H3. The Kier molecular flexibility index (Phi) is 4.85. The molecule has 1 aromatic heterocycles. The second kappa shape index (κ2) is 8.17. The number of nitrogens with zero attached hydrogens (tertiary/aromatic N) is 1. The third-order valence-electron chi connectivity index (χ3n) is 6.48. The molecule has 0 N–H and O–H groups in total. The first-order chi connectivity index (χ1) is 16.7. The van der Waals surface area contributed by atoms with Crippen LogP contribution < -0.4 is 5.43 Å². The summed E-state index contributed by atoms with van der Waals surface area (Å²) in [6, 6.07) is 41.4. The normalized spacial score (nSPS) is 11.2. The van der Waals surface area contributed by atoms with E-state index in [1.807, 2.05) is 30.3 Å². The Hall–Kier alpha value is -4.43. The average Bonchev–Trinajstić information content (AvgIpc) is 2.89. The van der Waals surface area contributed by atoms with Gasteiger partial charge < -0.3 is 4.57 Å². The van der Waals surface area contributed by atoms with Crippen LogP contribution >= 0.6 is 0 Å². The number of pyridine rings is 1. The van der Waals surface area contributed by atoms with Gasteiger partial charge in [-0.3, -0.25) is 4.79 Å². The number of hydrogen-bond acceptors (Lipinski definition) is 1. The molecule has 0 unspecified atom stereocenters. The summed E-state index contributed by atoms with van der Waals surface area (Å²) in [4.78, 5) is 13.2. The van der Waals surface area contributed by atoms with E-state index in [2.05, 4.69) is 96.4 Å². The SMILES string of the molecule is Cc1ccc(-c2cc(=O)c3ccccc3n2-c2c(-c3ccccc3)ccc3ccccc23)cc1. The molecule has 0 saturated heterocycles. The van der Waals surface area contributed by atoms with Crippen LogP contribution in [0.2, 0.25) is 0 Å². The van der Waals surface area contributed by atoms with Crippen molar-refractivity contribution in [2.45, 2.75) is 6.92 Å². The fraction of sp³-hybridized carbons (Fsp3) is 0.0312. The molecule has 6 rings (SSSR count). The zero-order valence-electron chi connectivity index (χ0n) is 18.9. The Morgan fingerprint density at radius 1 is 0.588 bits per heavy atom. The summed E-state index contributed by atoms with van der Waals surface area (Å²) in [5.41, 5.74) is 7.37. The lowest BCUT2D eigenvalue weighted by molar-refractivity contribution is 1.12. The summed E-state index contributed by atoms with van der Waals surface area (Å²) in [7, 11) is 0. The molecule has 34 heavy (non-hydrogen) atoms. The number of aromatic nitrogens is 1. The molecule has 5 aromatic carbocycles. The van der Waals surface area contributed by atoms with Crippen molar-refractivity contribution in [1.29, 1.82) is 0 Å². The molecule has 0 bridgehead atoms. The highest BCUT2D eigenvalue weighted by molar-refractivity contribution is 6.00. The van der Waals surface area contributed by atoms with Crippen molar-refractivity contribution in [3.05, 3.63) is 137 Å². The number of rotatable bonds is 3. The average molecular weight is 438 g/mol. The van der Waals surface area contributed by atoms with Gasteiger partial charge in [0.25, 0.3) is 0 Å². The summed E-state index contributed by atoms with van der Waals surface area (Å²) < 4.78 is 2.27. The van der Waals surface area contributed by atoms with Crippen LogP contribution in [0.4, 0.5) is 0 Å². The van der Waals surface area contributed by atoms with Crippen LogP contribution in [0.3, 0.4) is 0 Å². The van der Waals surface area contributed by atoms with E-state index < -0.39 is 0 Å². The van der Waals surface area contributed by atoms with Crippen LogP contribution in [0.5, 0.6) is 0 Å². The number of aryl methyl sites for hydroxylation is 1. The Labute approximate surface area is 198 Å². The van der Waals surface area contributed by atoms with E-state index in [0.29, 0.717) is 5.39 Å². The quantitative estimate of drug-likeness (QED) is 0.277. The Morgan fingerprint density at radius 2 is 1.26 bits per heavy atom. The molecule has 2 nitrogen and oxygen atoms in total. The van der Waals surface area contributed by atoms with Gasteiger partial charge in [0.1, 0.15) is 0 Å². The molecule has 0 atom stereocenters. The van der Waals surface area contributed by atoms with Crippen LogP contribution in [0, 0.1) is 6.92 Å². The molecular formula is C32H23NO. The molecule has 0 aliphatic rings. The van der Waals surface area contributed by atoms with Gasteiger partial charge >= 0.3 is 0 Å². The van der Waals surface area contributed by atoms with E-state index in [9.17, 15) is 4.79 Å². The van der Waals surface area contributed by atoms with Crippen LogP contribution in [-0.2, 0) is 0 Å². The number of para-hydroxylation sites is 1. The molecule has 0 radical (unpaired) electrons. The Morgan fingerprint density at radius 3 is 2.06 bits per heavy atom. The molecule has 162 valence electrons. The van der Waals surface area contributed by atoms with Gasteiger partial charge in [-0.1, -0.05) is 109 Å². The lowest BCUT2D eigenvalue weighted by Crippen LogP contribution is -2.12. The predicted octanol–water partition coefficient (Wildman–Crippen LogP) is 7.79. The minimum Gasteiger partial charge on any atom is -0.308 e. The van der Waals surface area contributed by atoms with Crippen molar-refractivity contribution >= 4 is 21.7 Å². The number of fused-ring (bicyclic) bond motifs is 2. The highest BCUT2D eigenvalue weighted by Gasteiger charge is 2.18. The third-order valence-corrected chi connectivity index (χ3v) is 6.48. The van der Waals surface area contributed by atoms with Gasteiger partial charge in [0.05, 0.1) is 16.9 Å². The zero-order valence-corrected chi connectivity index (χ0v) is 18.9. The second-order valence-corrected chi connectivity index (χ2v) is 8.66. The fourth-order valence-electron chi connectivity index (χ4n) is 4.80. The molecule has 1 heterocycles. The van der Waals surface area contributed by atoms with Crippen molar-refractivity contribution in [2.24, 2.45) is 0 Å². The third kappa shape index (κ3) is 3.32. The molecule has 6 aromatic rings. The minimum absolute atomic E-state index is 0.0314. The maximum absolute atomic E-state index is 13.2. The van der Waals surface area contributed by atoms with E-state index in [1.54, 1.807) is 6.07 Å². The minimum atomic E-state index is 0.0314. The first-order valence-corrected chi connectivity index (χ1v) is 11.5. The Balaban J connectivity index is 1.83. The van der Waals surface area contributed by atoms with Crippen LogP contribution in [0.1, 0.15) is 5.56 Å². The smallest absolute Gasteiger partial charge is 0.190 e. The number of hydrogen-bond donors (Lipinski definition) is 0. The summed E-state index contributed by atoms with van der Waals surface area (Å²) >= 11 is 0. The first-order valence-electron chi connectivity index (χ1n) is 11.5. The second-order valence-electron chi connectivity index (χ2n) is 8.66. The lowest BCUT2D eigenvalue weighted by atomic mass is 9.96. The van der Waals surface area contributed by atoms with Gasteiger partial charge in [-0.25, -0.2) is 0 Å². The van der Waals surface area contributed by atoms with Crippen molar-refractivity contribution in [3.8, 4) is 28.1 Å². The van der Waals surface area contributed by atoms with E-state index in [1.165, 1.54) is 5.56 Å². The molecule has 0 fully saturated rings. The summed E-state index contributed by atoms with van der Waals surface area (Å²) in [6.07, 6.45) is 0. The van der Waals surface area contributed by atoms with Crippen molar-refractivity contribution in [1.82, 2.24) is 4.57 Å². The number of benzene rings is 5. The van der Waals surface area contributed by atoms with E-state index >= 15 is 0 Å². The van der Waals surface area contributed by atoms with Gasteiger partial charge in [-0.15, -0.1) is 0 Å². The van der Waals surface area contributed by atoms with E-state index in [4.69, 9.17) is 0 Å². The predicted molar refractivity (Wildman–Crippen MR) is 143 cm³/mol. The molecule has 0 amide bonds. The Bertz CT molecular complexity index is 1710. The lowest BCUT2D eigenvalue weighted by Gasteiger charge is -2.22. The zero-order chi connectivity index (χ0) is 23.1. The summed E-state index contributed by atoms with van der Waals surface area (Å²) in [6.45, 7) is 2.08. The molecule has 2 heteroatoms. The highest BCUT2D eigenvalue weighted by atomic mass is 16.1. The van der Waals surface area contributed by atoms with E-state index in [-0.39, 0.29) is 5.43 Å². The summed E-state index contributed by atoms with van der Waals surface area (Å²) in [5, 5.41) is 3.02.